The molecule has 1 aromatic carbocycles. The monoisotopic (exact) mass is 321 g/mol. The first-order chi connectivity index (χ1) is 11.7. The molecule has 2 aliphatic rings. The van der Waals surface area contributed by atoms with Gasteiger partial charge in [-0.3, -0.25) is 4.79 Å². The molecule has 2 aromatic rings. The summed E-state index contributed by atoms with van der Waals surface area (Å²) in [5.41, 5.74) is 2.58. The molecule has 1 aromatic heterocycles. The molecule has 0 bridgehead atoms. The van der Waals surface area contributed by atoms with Crippen LogP contribution in [0.1, 0.15) is 36.0 Å². The van der Waals surface area contributed by atoms with Gasteiger partial charge in [-0.2, -0.15) is 0 Å². The Balaban J connectivity index is 1.61. The first-order valence-electron chi connectivity index (χ1n) is 8.25. The second-order valence-electron chi connectivity index (χ2n) is 6.18. The molecule has 5 nitrogen and oxygen atoms in total. The maximum absolute atomic E-state index is 13.0. The zero-order valence-electron chi connectivity index (χ0n) is 13.6. The molecule has 0 unspecified atom stereocenters. The van der Waals surface area contributed by atoms with Crippen molar-refractivity contribution in [1.82, 2.24) is 14.9 Å². The Bertz CT molecular complexity index is 816. The number of aryl methyl sites for hydroxylation is 1. The Morgan fingerprint density at radius 3 is 3.04 bits per heavy atom. The Labute approximate surface area is 141 Å². The van der Waals surface area contributed by atoms with Crippen molar-refractivity contribution in [2.45, 2.75) is 25.8 Å². The van der Waals surface area contributed by atoms with Gasteiger partial charge in [0.2, 0.25) is 0 Å². The summed E-state index contributed by atoms with van der Waals surface area (Å²) in [6, 6.07) is 9.72. The molecule has 0 saturated carbocycles. The van der Waals surface area contributed by atoms with Crippen molar-refractivity contribution < 1.29 is 9.53 Å². The van der Waals surface area contributed by atoms with E-state index in [1.54, 1.807) is 6.20 Å². The summed E-state index contributed by atoms with van der Waals surface area (Å²) in [6.45, 7) is 2.95. The minimum Gasteiger partial charge on any atom is -0.488 e. The number of carbonyl (C=O) groups excluding carboxylic acids is 1. The van der Waals surface area contributed by atoms with Crippen LogP contribution < -0.4 is 4.74 Å². The van der Waals surface area contributed by atoms with E-state index in [-0.39, 0.29) is 11.9 Å². The normalized spacial score (nSPS) is 19.5. The summed E-state index contributed by atoms with van der Waals surface area (Å²) in [5.74, 6) is 1.61. The highest BCUT2D eigenvalue weighted by molar-refractivity contribution is 5.99. The summed E-state index contributed by atoms with van der Waals surface area (Å²) >= 11 is 0. The van der Waals surface area contributed by atoms with Gasteiger partial charge >= 0.3 is 0 Å². The number of benzene rings is 1. The highest BCUT2D eigenvalue weighted by Gasteiger charge is 2.33. The highest BCUT2D eigenvalue weighted by atomic mass is 16.5. The molecule has 5 heteroatoms. The first kappa shape index (κ1) is 14.9. The van der Waals surface area contributed by atoms with E-state index in [4.69, 9.17) is 4.74 Å². The molecule has 24 heavy (non-hydrogen) atoms. The topological polar surface area (TPSA) is 55.3 Å². The smallest absolute Gasteiger partial charge is 0.253 e. The fourth-order valence-corrected chi connectivity index (χ4v) is 3.40. The van der Waals surface area contributed by atoms with Crippen LogP contribution in [0, 0.1) is 6.92 Å². The molecule has 3 heterocycles. The minimum absolute atomic E-state index is 0.0253. The molecular formula is C19H19N3O2. The second-order valence-corrected chi connectivity index (χ2v) is 6.18. The van der Waals surface area contributed by atoms with Gasteiger partial charge in [-0.15, -0.1) is 0 Å². The second kappa shape index (κ2) is 6.07. The minimum atomic E-state index is 0.0253. The summed E-state index contributed by atoms with van der Waals surface area (Å²) in [7, 11) is 0. The zero-order valence-corrected chi connectivity index (χ0v) is 13.6. The number of carbonyl (C=O) groups is 1. The van der Waals surface area contributed by atoms with Crippen molar-refractivity contribution in [3.63, 3.8) is 0 Å². The van der Waals surface area contributed by atoms with Crippen LogP contribution in [0.15, 0.2) is 42.1 Å². The lowest BCUT2D eigenvalue weighted by molar-refractivity contribution is -0.128. The fourth-order valence-electron chi connectivity index (χ4n) is 3.40. The molecule has 1 saturated heterocycles. The number of amides is 1. The molecule has 0 radical (unpaired) electrons. The number of nitrogens with zero attached hydrogens (tertiary/aromatic N) is 3. The molecular weight excluding hydrogens is 302 g/mol. The average molecular weight is 321 g/mol. The Kier molecular flexibility index (Phi) is 3.76. The third kappa shape index (κ3) is 2.66. The summed E-state index contributed by atoms with van der Waals surface area (Å²) in [5, 5.41) is 0. The van der Waals surface area contributed by atoms with Crippen LogP contribution >= 0.6 is 0 Å². The number of hydrogen-bond donors (Lipinski definition) is 0. The molecule has 0 N–H and O–H groups in total. The lowest BCUT2D eigenvalue weighted by atomic mass is 10.1. The van der Waals surface area contributed by atoms with Gasteiger partial charge in [0, 0.05) is 18.3 Å². The number of para-hydroxylation sites is 1. The van der Waals surface area contributed by atoms with Crippen LogP contribution in [0.3, 0.4) is 0 Å². The largest absolute Gasteiger partial charge is 0.488 e. The highest BCUT2D eigenvalue weighted by Crippen LogP contribution is 2.33. The van der Waals surface area contributed by atoms with Gasteiger partial charge in [-0.1, -0.05) is 18.2 Å². The van der Waals surface area contributed by atoms with Gasteiger partial charge in [-0.05, 0) is 38.0 Å². The van der Waals surface area contributed by atoms with Gasteiger partial charge in [0.05, 0.1) is 17.3 Å². The van der Waals surface area contributed by atoms with Crippen LogP contribution in [0.4, 0.5) is 0 Å². The Morgan fingerprint density at radius 2 is 2.17 bits per heavy atom. The van der Waals surface area contributed by atoms with E-state index in [0.29, 0.717) is 12.2 Å². The standard InChI is InChI=1S/C19H19N3O2/c1-13-20-9-8-16(21-13)17-6-4-10-22(17)19(23)15-11-14-5-2-3-7-18(14)24-12-15/h2-3,5,7-9,11,17H,4,6,10,12H2,1H3/t17-/m0/s1. The van der Waals surface area contributed by atoms with E-state index >= 15 is 0 Å². The van der Waals surface area contributed by atoms with Crippen molar-refractivity contribution in [3.05, 3.63) is 59.2 Å². The van der Waals surface area contributed by atoms with Crippen LogP contribution in [0.25, 0.3) is 6.08 Å². The predicted octanol–water partition coefficient (Wildman–Crippen LogP) is 2.92. The maximum atomic E-state index is 13.0. The molecule has 0 aliphatic carbocycles. The lowest BCUT2D eigenvalue weighted by Gasteiger charge is -2.27. The van der Waals surface area contributed by atoms with Crippen molar-refractivity contribution >= 4 is 12.0 Å². The maximum Gasteiger partial charge on any atom is 0.253 e. The first-order valence-corrected chi connectivity index (χ1v) is 8.25. The van der Waals surface area contributed by atoms with Crippen molar-refractivity contribution in [2.24, 2.45) is 0 Å². The number of aromatic nitrogens is 2. The summed E-state index contributed by atoms with van der Waals surface area (Å²) in [6.07, 6.45) is 5.64. The molecule has 122 valence electrons. The van der Waals surface area contributed by atoms with E-state index in [1.165, 1.54) is 0 Å². The predicted molar refractivity (Wildman–Crippen MR) is 90.4 cm³/mol. The molecule has 2 aliphatic heterocycles. The van der Waals surface area contributed by atoms with Gasteiger partial charge < -0.3 is 9.64 Å². The van der Waals surface area contributed by atoms with E-state index in [2.05, 4.69) is 9.97 Å². The number of fused-ring (bicyclic) bond motifs is 1. The lowest BCUT2D eigenvalue weighted by Crippen LogP contribution is -2.34. The van der Waals surface area contributed by atoms with Crippen LogP contribution in [-0.2, 0) is 4.79 Å². The SMILES string of the molecule is Cc1nccc([C@@H]2CCCN2C(=O)C2=Cc3ccccc3OC2)n1. The fraction of sp³-hybridized carbons (Fsp3) is 0.316. The van der Waals surface area contributed by atoms with Gasteiger partial charge in [0.25, 0.3) is 5.91 Å². The van der Waals surface area contributed by atoms with Gasteiger partial charge in [0.1, 0.15) is 18.2 Å². The van der Waals surface area contributed by atoms with Crippen molar-refractivity contribution in [2.75, 3.05) is 13.2 Å². The quantitative estimate of drug-likeness (QED) is 0.853. The van der Waals surface area contributed by atoms with Crippen molar-refractivity contribution in [3.8, 4) is 5.75 Å². The molecule has 1 amide bonds. The molecule has 0 spiro atoms. The van der Waals surface area contributed by atoms with E-state index < -0.39 is 0 Å². The van der Waals surface area contributed by atoms with Gasteiger partial charge in [0.15, 0.2) is 0 Å². The number of ether oxygens (including phenoxy) is 1. The number of likely N-dealkylation sites (tertiary alicyclic amines) is 1. The third-order valence-corrected chi connectivity index (χ3v) is 4.56. The summed E-state index contributed by atoms with van der Waals surface area (Å²) < 4.78 is 5.74. The van der Waals surface area contributed by atoms with Crippen molar-refractivity contribution in [1.29, 1.82) is 0 Å². The Hall–Kier alpha value is -2.69. The molecule has 4 rings (SSSR count). The third-order valence-electron chi connectivity index (χ3n) is 4.56. The number of hydrogen-bond acceptors (Lipinski definition) is 4. The van der Waals surface area contributed by atoms with E-state index in [1.807, 2.05) is 48.2 Å². The summed E-state index contributed by atoms with van der Waals surface area (Å²) in [4.78, 5) is 23.6. The van der Waals surface area contributed by atoms with Crippen LogP contribution in [-0.4, -0.2) is 33.9 Å². The van der Waals surface area contributed by atoms with Crippen LogP contribution in [0.2, 0.25) is 0 Å². The van der Waals surface area contributed by atoms with E-state index in [9.17, 15) is 4.79 Å². The van der Waals surface area contributed by atoms with E-state index in [0.717, 1.165) is 42.2 Å². The van der Waals surface area contributed by atoms with Crippen LogP contribution in [0.5, 0.6) is 5.75 Å². The van der Waals surface area contributed by atoms with Gasteiger partial charge in [-0.25, -0.2) is 9.97 Å². The molecule has 1 fully saturated rings. The molecule has 1 atom stereocenters. The Morgan fingerprint density at radius 1 is 1.29 bits per heavy atom. The zero-order chi connectivity index (χ0) is 16.5. The number of rotatable bonds is 2. The average Bonchev–Trinajstić information content (AvgIpc) is 3.10.